The third-order valence-corrected chi connectivity index (χ3v) is 5.22. The number of benzene rings is 2. The molecule has 0 spiro atoms. The van der Waals surface area contributed by atoms with E-state index in [0.29, 0.717) is 0 Å². The van der Waals surface area contributed by atoms with Crippen molar-refractivity contribution < 1.29 is 13.2 Å². The lowest BCUT2D eigenvalue weighted by Gasteiger charge is -2.22. The minimum Gasteiger partial charge on any atom is -0.348 e. The van der Waals surface area contributed by atoms with Crippen molar-refractivity contribution >= 4 is 15.9 Å². The monoisotopic (exact) mass is 360 g/mol. The maximum atomic E-state index is 12.4. The first-order valence-electron chi connectivity index (χ1n) is 8.11. The number of carbonyl (C=O) groups is 1. The van der Waals surface area contributed by atoms with Crippen molar-refractivity contribution in [2.24, 2.45) is 0 Å². The van der Waals surface area contributed by atoms with Crippen LogP contribution in [0, 0.1) is 6.92 Å². The fraction of sp³-hybridized carbons (Fsp3) is 0.316. The van der Waals surface area contributed by atoms with Crippen LogP contribution in [0.3, 0.4) is 0 Å². The summed E-state index contributed by atoms with van der Waals surface area (Å²) < 4.78 is 25.2. The molecular formula is C19H24N2O3S. The van der Waals surface area contributed by atoms with Crippen molar-refractivity contribution in [2.45, 2.75) is 26.4 Å². The van der Waals surface area contributed by atoms with E-state index >= 15 is 0 Å². The van der Waals surface area contributed by atoms with Crippen molar-refractivity contribution in [1.82, 2.24) is 9.62 Å². The largest absolute Gasteiger partial charge is 0.348 e. The average Bonchev–Trinajstić information content (AvgIpc) is 2.54. The molecular weight excluding hydrogens is 336 g/mol. The number of sulfonamides is 1. The van der Waals surface area contributed by atoms with Gasteiger partial charge in [0.05, 0.1) is 18.8 Å². The Morgan fingerprint density at radius 2 is 1.68 bits per heavy atom. The van der Waals surface area contributed by atoms with Crippen LogP contribution in [0.4, 0.5) is 0 Å². The van der Waals surface area contributed by atoms with E-state index in [2.05, 4.69) is 5.32 Å². The number of amides is 1. The van der Waals surface area contributed by atoms with E-state index in [9.17, 15) is 13.2 Å². The van der Waals surface area contributed by atoms with E-state index in [1.165, 1.54) is 4.31 Å². The number of rotatable bonds is 7. The van der Waals surface area contributed by atoms with Gasteiger partial charge in [-0.1, -0.05) is 54.6 Å². The lowest BCUT2D eigenvalue weighted by atomic mass is 10.0. The molecule has 1 amide bonds. The third kappa shape index (κ3) is 5.69. The van der Waals surface area contributed by atoms with Gasteiger partial charge in [-0.25, -0.2) is 8.42 Å². The predicted molar refractivity (Wildman–Crippen MR) is 99.4 cm³/mol. The molecule has 6 heteroatoms. The van der Waals surface area contributed by atoms with Gasteiger partial charge in [-0.2, -0.15) is 4.31 Å². The highest BCUT2D eigenvalue weighted by Gasteiger charge is 2.21. The second-order valence-corrected chi connectivity index (χ2v) is 8.14. The molecule has 1 atom stereocenters. The Labute approximate surface area is 149 Å². The topological polar surface area (TPSA) is 66.5 Å². The van der Waals surface area contributed by atoms with Crippen LogP contribution < -0.4 is 5.32 Å². The van der Waals surface area contributed by atoms with Crippen LogP contribution in [-0.4, -0.2) is 31.4 Å². The smallest absolute Gasteiger partial charge is 0.235 e. The molecule has 25 heavy (non-hydrogen) atoms. The zero-order valence-corrected chi connectivity index (χ0v) is 15.6. The van der Waals surface area contributed by atoms with Crippen LogP contribution in [0.5, 0.6) is 0 Å². The first-order valence-corrected chi connectivity index (χ1v) is 9.96. The lowest BCUT2D eigenvalue weighted by Crippen LogP contribution is -2.40. The SMILES string of the molecule is Cc1ccccc1C(C)NC(=O)CN(Cc1ccccc1)S(C)(=O)=O. The first kappa shape index (κ1) is 19.1. The van der Waals surface area contributed by atoms with E-state index in [1.807, 2.05) is 68.4 Å². The third-order valence-electron chi connectivity index (χ3n) is 4.02. The summed E-state index contributed by atoms with van der Waals surface area (Å²) in [4.78, 5) is 12.4. The molecule has 1 N–H and O–H groups in total. The molecule has 2 aromatic carbocycles. The second-order valence-electron chi connectivity index (χ2n) is 6.16. The van der Waals surface area contributed by atoms with E-state index in [4.69, 9.17) is 0 Å². The molecule has 134 valence electrons. The Kier molecular flexibility index (Phi) is 6.33. The molecule has 0 aliphatic heterocycles. The van der Waals surface area contributed by atoms with Crippen LogP contribution in [-0.2, 0) is 21.4 Å². The number of hydrogen-bond acceptors (Lipinski definition) is 3. The highest BCUT2D eigenvalue weighted by molar-refractivity contribution is 7.88. The summed E-state index contributed by atoms with van der Waals surface area (Å²) in [5, 5.41) is 2.88. The first-order chi connectivity index (χ1) is 11.8. The summed E-state index contributed by atoms with van der Waals surface area (Å²) in [5.74, 6) is -0.322. The quantitative estimate of drug-likeness (QED) is 0.825. The Morgan fingerprint density at radius 1 is 1.08 bits per heavy atom. The van der Waals surface area contributed by atoms with Gasteiger partial charge in [0.25, 0.3) is 0 Å². The molecule has 0 bridgehead atoms. The molecule has 5 nitrogen and oxygen atoms in total. The summed E-state index contributed by atoms with van der Waals surface area (Å²) in [6, 6.07) is 16.8. The summed E-state index contributed by atoms with van der Waals surface area (Å²) in [7, 11) is -3.49. The number of aryl methyl sites for hydroxylation is 1. The molecule has 0 radical (unpaired) electrons. The summed E-state index contributed by atoms with van der Waals surface area (Å²) in [6.07, 6.45) is 1.12. The van der Waals surface area contributed by atoms with Gasteiger partial charge in [-0.15, -0.1) is 0 Å². The molecule has 0 saturated carbocycles. The molecule has 2 rings (SSSR count). The fourth-order valence-electron chi connectivity index (χ4n) is 2.68. The highest BCUT2D eigenvalue weighted by atomic mass is 32.2. The molecule has 0 aliphatic carbocycles. The molecule has 0 fully saturated rings. The number of nitrogens with one attached hydrogen (secondary N) is 1. The van der Waals surface area contributed by atoms with Gasteiger partial charge < -0.3 is 5.32 Å². The van der Waals surface area contributed by atoms with Gasteiger partial charge in [-0.3, -0.25) is 4.79 Å². The maximum Gasteiger partial charge on any atom is 0.235 e. The summed E-state index contributed by atoms with van der Waals surface area (Å²) in [5.41, 5.74) is 2.94. The van der Waals surface area contributed by atoms with Gasteiger partial charge in [0.15, 0.2) is 0 Å². The van der Waals surface area contributed by atoms with Gasteiger partial charge in [0.1, 0.15) is 0 Å². The van der Waals surface area contributed by atoms with Crippen LogP contribution >= 0.6 is 0 Å². The van der Waals surface area contributed by atoms with Crippen molar-refractivity contribution in [3.63, 3.8) is 0 Å². The number of hydrogen-bond donors (Lipinski definition) is 1. The summed E-state index contributed by atoms with van der Waals surface area (Å²) >= 11 is 0. The maximum absolute atomic E-state index is 12.4. The second kappa shape index (κ2) is 8.27. The van der Waals surface area contributed by atoms with Crippen molar-refractivity contribution in [2.75, 3.05) is 12.8 Å². The minimum atomic E-state index is -3.49. The number of nitrogens with zero attached hydrogens (tertiary/aromatic N) is 1. The van der Waals surface area contributed by atoms with Crippen LogP contribution in [0.2, 0.25) is 0 Å². The van der Waals surface area contributed by atoms with E-state index in [-0.39, 0.29) is 25.0 Å². The van der Waals surface area contributed by atoms with Crippen molar-refractivity contribution in [1.29, 1.82) is 0 Å². The molecule has 0 heterocycles. The Balaban J connectivity index is 2.06. The van der Waals surface area contributed by atoms with Crippen LogP contribution in [0.15, 0.2) is 54.6 Å². The van der Waals surface area contributed by atoms with Crippen molar-refractivity contribution in [3.8, 4) is 0 Å². The lowest BCUT2D eigenvalue weighted by molar-refractivity contribution is -0.122. The average molecular weight is 360 g/mol. The zero-order chi connectivity index (χ0) is 18.4. The zero-order valence-electron chi connectivity index (χ0n) is 14.8. The van der Waals surface area contributed by atoms with Gasteiger partial charge in [0.2, 0.25) is 15.9 Å². The molecule has 0 aromatic heterocycles. The van der Waals surface area contributed by atoms with Crippen LogP contribution in [0.1, 0.15) is 29.7 Å². The Morgan fingerprint density at radius 3 is 2.28 bits per heavy atom. The number of carbonyl (C=O) groups excluding carboxylic acids is 1. The highest BCUT2D eigenvalue weighted by Crippen LogP contribution is 2.16. The van der Waals surface area contributed by atoms with Gasteiger partial charge in [0, 0.05) is 6.54 Å². The molecule has 2 aromatic rings. The minimum absolute atomic E-state index is 0.172. The van der Waals surface area contributed by atoms with Gasteiger partial charge in [-0.05, 0) is 30.5 Å². The normalized spacial score (nSPS) is 12.8. The Hall–Kier alpha value is -2.18. The van der Waals surface area contributed by atoms with E-state index in [0.717, 1.165) is 22.9 Å². The fourth-order valence-corrected chi connectivity index (χ4v) is 3.41. The van der Waals surface area contributed by atoms with E-state index in [1.54, 1.807) is 0 Å². The predicted octanol–water partition coefficient (Wildman–Crippen LogP) is 2.63. The van der Waals surface area contributed by atoms with E-state index < -0.39 is 10.0 Å². The Bertz CT molecular complexity index is 820. The summed E-state index contributed by atoms with van der Waals surface area (Å²) in [6.45, 7) is 3.84. The molecule has 0 aliphatic rings. The molecule has 0 saturated heterocycles. The standard InChI is InChI=1S/C19H24N2O3S/c1-15-9-7-8-12-18(15)16(2)20-19(22)14-21(25(3,23)24)13-17-10-5-4-6-11-17/h4-12,16H,13-14H2,1-3H3,(H,20,22). The van der Waals surface area contributed by atoms with Gasteiger partial charge >= 0.3 is 0 Å². The molecule has 1 unspecified atom stereocenters. The van der Waals surface area contributed by atoms with Crippen LogP contribution in [0.25, 0.3) is 0 Å². The van der Waals surface area contributed by atoms with Crippen molar-refractivity contribution in [3.05, 3.63) is 71.3 Å².